The maximum absolute atomic E-state index is 12.8. The fourth-order valence-corrected chi connectivity index (χ4v) is 3.26. The maximum Gasteiger partial charge on any atom is 0.282 e. The third kappa shape index (κ3) is 2.62. The second-order valence-electron chi connectivity index (χ2n) is 5.96. The van der Waals surface area contributed by atoms with Crippen molar-refractivity contribution in [3.63, 3.8) is 0 Å². The van der Waals surface area contributed by atoms with Crippen LogP contribution in [0, 0.1) is 0 Å². The van der Waals surface area contributed by atoms with Crippen LogP contribution in [0.15, 0.2) is 59.7 Å². The minimum Gasteiger partial charge on any atom is -0.493 e. The molecule has 0 spiro atoms. The Balaban J connectivity index is 1.78. The van der Waals surface area contributed by atoms with Crippen LogP contribution >= 0.6 is 0 Å². The van der Waals surface area contributed by atoms with Crippen LogP contribution in [0.4, 0.5) is 0 Å². The molecule has 0 bridgehead atoms. The summed E-state index contributed by atoms with van der Waals surface area (Å²) in [6.45, 7) is 0. The van der Waals surface area contributed by atoms with Crippen molar-refractivity contribution in [2.24, 2.45) is 5.10 Å². The Hall–Kier alpha value is -3.67. The Morgan fingerprint density at radius 3 is 2.07 bits per heavy atom. The molecule has 6 heteroatoms. The number of methoxy groups -OCH3 is 2. The molecule has 2 amide bonds. The Morgan fingerprint density at radius 1 is 0.852 bits per heavy atom. The molecule has 0 unspecified atom stereocenters. The van der Waals surface area contributed by atoms with E-state index in [0.717, 1.165) is 10.4 Å². The summed E-state index contributed by atoms with van der Waals surface area (Å²) in [6.07, 6.45) is 1.42. The number of rotatable bonds is 4. The van der Waals surface area contributed by atoms with Gasteiger partial charge in [0.2, 0.25) is 0 Å². The number of carbonyl (C=O) groups is 2. The molecule has 6 nitrogen and oxygen atoms in total. The lowest BCUT2D eigenvalue weighted by atomic mass is 9.95. The molecular weight excluding hydrogens is 344 g/mol. The van der Waals surface area contributed by atoms with Crippen molar-refractivity contribution < 1.29 is 19.1 Å². The largest absolute Gasteiger partial charge is 0.493 e. The van der Waals surface area contributed by atoms with Crippen LogP contribution in [0.25, 0.3) is 10.8 Å². The minimum atomic E-state index is -0.456. The Kier molecular flexibility index (Phi) is 4.08. The van der Waals surface area contributed by atoms with E-state index in [1.165, 1.54) is 20.4 Å². The molecule has 0 fully saturated rings. The van der Waals surface area contributed by atoms with Gasteiger partial charge >= 0.3 is 0 Å². The van der Waals surface area contributed by atoms with Gasteiger partial charge in [-0.1, -0.05) is 30.3 Å². The van der Waals surface area contributed by atoms with Gasteiger partial charge in [0.05, 0.1) is 31.6 Å². The summed E-state index contributed by atoms with van der Waals surface area (Å²) < 4.78 is 10.6. The molecule has 27 heavy (non-hydrogen) atoms. The number of imide groups is 1. The highest BCUT2D eigenvalue weighted by Gasteiger charge is 2.32. The van der Waals surface area contributed by atoms with Gasteiger partial charge in [0.25, 0.3) is 11.8 Å². The maximum atomic E-state index is 12.8. The van der Waals surface area contributed by atoms with Crippen LogP contribution in [0.1, 0.15) is 26.3 Å². The van der Waals surface area contributed by atoms with E-state index in [0.29, 0.717) is 33.6 Å². The second kappa shape index (κ2) is 6.57. The van der Waals surface area contributed by atoms with Crippen LogP contribution < -0.4 is 9.47 Å². The van der Waals surface area contributed by atoms with E-state index < -0.39 is 11.8 Å². The van der Waals surface area contributed by atoms with Gasteiger partial charge in [-0.25, -0.2) is 0 Å². The first kappa shape index (κ1) is 16.8. The molecule has 1 aliphatic heterocycles. The fourth-order valence-electron chi connectivity index (χ4n) is 3.26. The molecule has 0 N–H and O–H groups in total. The van der Waals surface area contributed by atoms with Crippen molar-refractivity contribution in [3.05, 3.63) is 71.3 Å². The Labute approximate surface area is 155 Å². The molecule has 0 saturated heterocycles. The number of benzene rings is 3. The van der Waals surface area contributed by atoms with E-state index >= 15 is 0 Å². The Bertz CT molecular complexity index is 1050. The molecule has 1 heterocycles. The summed E-state index contributed by atoms with van der Waals surface area (Å²) in [7, 11) is 3.05. The third-order valence-corrected chi connectivity index (χ3v) is 4.50. The lowest BCUT2D eigenvalue weighted by Crippen LogP contribution is -2.36. The molecule has 1 aliphatic rings. The van der Waals surface area contributed by atoms with Crippen molar-refractivity contribution in [2.45, 2.75) is 0 Å². The number of para-hydroxylation sites is 1. The minimum absolute atomic E-state index is 0.456. The zero-order chi connectivity index (χ0) is 19.0. The van der Waals surface area contributed by atoms with Gasteiger partial charge in [-0.15, -0.1) is 0 Å². The van der Waals surface area contributed by atoms with E-state index in [-0.39, 0.29) is 0 Å². The van der Waals surface area contributed by atoms with Crippen LogP contribution in [-0.4, -0.2) is 37.3 Å². The van der Waals surface area contributed by atoms with Gasteiger partial charge in [0.15, 0.2) is 11.5 Å². The zero-order valence-corrected chi connectivity index (χ0v) is 14.8. The molecule has 0 aliphatic carbocycles. The molecule has 3 aromatic carbocycles. The van der Waals surface area contributed by atoms with E-state index in [2.05, 4.69) is 5.10 Å². The van der Waals surface area contributed by atoms with Crippen LogP contribution in [0.3, 0.4) is 0 Å². The molecular formula is C21H16N2O4. The van der Waals surface area contributed by atoms with Gasteiger partial charge in [-0.3, -0.25) is 9.59 Å². The normalized spacial score (nSPS) is 13.5. The molecule has 0 radical (unpaired) electrons. The van der Waals surface area contributed by atoms with Crippen molar-refractivity contribution in [2.75, 3.05) is 14.2 Å². The second-order valence-corrected chi connectivity index (χ2v) is 5.96. The highest BCUT2D eigenvalue weighted by molar-refractivity contribution is 6.25. The van der Waals surface area contributed by atoms with Gasteiger partial charge in [0.1, 0.15) is 0 Å². The summed E-state index contributed by atoms with van der Waals surface area (Å²) in [4.78, 5) is 25.7. The zero-order valence-electron chi connectivity index (χ0n) is 14.8. The topological polar surface area (TPSA) is 68.2 Å². The van der Waals surface area contributed by atoms with Crippen molar-refractivity contribution in [1.29, 1.82) is 0 Å². The van der Waals surface area contributed by atoms with Crippen LogP contribution in [-0.2, 0) is 0 Å². The van der Waals surface area contributed by atoms with Gasteiger partial charge in [-0.2, -0.15) is 10.1 Å². The fraction of sp³-hybridized carbons (Fsp3) is 0.0952. The lowest BCUT2D eigenvalue weighted by molar-refractivity contribution is 0.0616. The number of nitrogens with zero attached hydrogens (tertiary/aromatic N) is 2. The summed E-state index contributed by atoms with van der Waals surface area (Å²) in [5.41, 5.74) is 1.50. The summed E-state index contributed by atoms with van der Waals surface area (Å²) >= 11 is 0. The van der Waals surface area contributed by atoms with E-state index in [9.17, 15) is 9.59 Å². The predicted molar refractivity (Wildman–Crippen MR) is 102 cm³/mol. The highest BCUT2D eigenvalue weighted by Crippen LogP contribution is 2.31. The van der Waals surface area contributed by atoms with E-state index in [4.69, 9.17) is 9.47 Å². The predicted octanol–water partition coefficient (Wildman–Crippen LogP) is 3.49. The number of hydrogen-bond donors (Lipinski definition) is 0. The molecule has 3 aromatic rings. The molecule has 4 rings (SSSR count). The number of carbonyl (C=O) groups excluding carboxylic acids is 2. The van der Waals surface area contributed by atoms with Crippen molar-refractivity contribution in [3.8, 4) is 11.5 Å². The third-order valence-electron chi connectivity index (χ3n) is 4.50. The quantitative estimate of drug-likeness (QED) is 0.528. The summed E-state index contributed by atoms with van der Waals surface area (Å²) in [6, 6.07) is 16.0. The first-order valence-corrected chi connectivity index (χ1v) is 8.31. The van der Waals surface area contributed by atoms with Crippen LogP contribution in [0.2, 0.25) is 0 Å². The van der Waals surface area contributed by atoms with Crippen molar-refractivity contribution >= 4 is 28.8 Å². The molecule has 0 atom stereocenters. The lowest BCUT2D eigenvalue weighted by Gasteiger charge is -2.23. The van der Waals surface area contributed by atoms with Gasteiger partial charge in [0, 0.05) is 10.9 Å². The average molecular weight is 360 g/mol. The first-order valence-electron chi connectivity index (χ1n) is 8.31. The average Bonchev–Trinajstić information content (AvgIpc) is 2.71. The molecule has 0 aromatic heterocycles. The van der Waals surface area contributed by atoms with E-state index in [1.54, 1.807) is 42.5 Å². The van der Waals surface area contributed by atoms with Gasteiger partial charge < -0.3 is 9.47 Å². The van der Waals surface area contributed by atoms with E-state index in [1.807, 2.05) is 12.1 Å². The molecule has 0 saturated carbocycles. The smallest absolute Gasteiger partial charge is 0.282 e. The SMILES string of the molecule is COc1cccc(C=NN2C(=O)c3cccc4cccc(c34)C2=O)c1OC. The van der Waals surface area contributed by atoms with Crippen molar-refractivity contribution in [1.82, 2.24) is 5.01 Å². The number of ether oxygens (including phenoxy) is 2. The summed E-state index contributed by atoms with van der Waals surface area (Å²) in [5, 5.41) is 6.56. The Morgan fingerprint density at radius 2 is 1.48 bits per heavy atom. The standard InChI is InChI=1S/C21H16N2O4/c1-26-17-11-5-8-14(19(17)27-2)12-22-23-20(24)15-9-3-6-13-7-4-10-16(18(13)15)21(23)25/h3-12H,1-2H3. The monoisotopic (exact) mass is 360 g/mol. The number of amides is 2. The molecule has 134 valence electrons. The number of hydrogen-bond acceptors (Lipinski definition) is 5. The van der Waals surface area contributed by atoms with Crippen LogP contribution in [0.5, 0.6) is 11.5 Å². The first-order chi connectivity index (χ1) is 13.2. The summed E-state index contributed by atoms with van der Waals surface area (Å²) in [5.74, 6) is 0.0980. The highest BCUT2D eigenvalue weighted by atomic mass is 16.5. The number of hydrazone groups is 1. The van der Waals surface area contributed by atoms with Gasteiger partial charge in [-0.05, 0) is 29.7 Å².